The van der Waals surface area contributed by atoms with Crippen molar-refractivity contribution in [1.29, 1.82) is 10.5 Å². The highest BCUT2D eigenvalue weighted by atomic mass is 16.3. The van der Waals surface area contributed by atoms with Gasteiger partial charge in [-0.2, -0.15) is 15.6 Å². The second kappa shape index (κ2) is 5.50. The number of nitrogens with zero attached hydrogens (tertiary/aromatic N) is 3. The highest BCUT2D eigenvalue weighted by Crippen LogP contribution is 2.16. The maximum atomic E-state index is 8.95. The third-order valence-electron chi connectivity index (χ3n) is 1.98. The van der Waals surface area contributed by atoms with E-state index >= 15 is 0 Å². The molecule has 0 unspecified atom stereocenters. The summed E-state index contributed by atoms with van der Waals surface area (Å²) in [7, 11) is 0. The van der Waals surface area contributed by atoms with Gasteiger partial charge >= 0.3 is 0 Å². The Kier molecular flexibility index (Phi) is 4.02. The molecule has 0 spiro atoms. The van der Waals surface area contributed by atoms with E-state index in [-0.39, 0.29) is 12.3 Å². The van der Waals surface area contributed by atoms with Crippen LogP contribution in [0.4, 0.5) is 5.69 Å². The topological polar surface area (TPSA) is 92.2 Å². The van der Waals surface area contributed by atoms with Gasteiger partial charge in [-0.05, 0) is 24.1 Å². The molecule has 0 aliphatic carbocycles. The first-order valence-corrected chi connectivity index (χ1v) is 4.55. The van der Waals surface area contributed by atoms with Crippen molar-refractivity contribution in [3.05, 3.63) is 29.3 Å². The molecule has 0 bridgehead atoms. The van der Waals surface area contributed by atoms with Gasteiger partial charge in [0.15, 0.2) is 0 Å². The lowest BCUT2D eigenvalue weighted by atomic mass is 10.1. The van der Waals surface area contributed by atoms with Gasteiger partial charge in [-0.3, -0.25) is 5.43 Å². The van der Waals surface area contributed by atoms with Crippen molar-refractivity contribution in [1.82, 2.24) is 0 Å². The first kappa shape index (κ1) is 11.7. The Labute approximate surface area is 93.3 Å². The molecule has 0 fully saturated rings. The van der Waals surface area contributed by atoms with Crippen molar-refractivity contribution in [2.45, 2.75) is 13.5 Å². The zero-order valence-electron chi connectivity index (χ0n) is 8.73. The third-order valence-corrected chi connectivity index (χ3v) is 1.98. The number of benzene rings is 1. The van der Waals surface area contributed by atoms with E-state index in [4.69, 9.17) is 15.6 Å². The van der Waals surface area contributed by atoms with Gasteiger partial charge < -0.3 is 5.11 Å². The molecule has 2 N–H and O–H groups in total. The lowest BCUT2D eigenvalue weighted by Crippen LogP contribution is -1.98. The Morgan fingerprint density at radius 3 is 2.69 bits per heavy atom. The number of aliphatic hydroxyl groups excluding tert-OH is 1. The summed E-state index contributed by atoms with van der Waals surface area (Å²) in [5.74, 6) is 0. The molecule has 0 aromatic heterocycles. The number of hydrogen-bond donors (Lipinski definition) is 2. The normalized spacial score (nSPS) is 8.75. The predicted molar refractivity (Wildman–Crippen MR) is 59.4 cm³/mol. The summed E-state index contributed by atoms with van der Waals surface area (Å²) in [6.45, 7) is 1.79. The summed E-state index contributed by atoms with van der Waals surface area (Å²) in [6, 6.07) is 8.62. The molecule has 16 heavy (non-hydrogen) atoms. The molecule has 1 rings (SSSR count). The van der Waals surface area contributed by atoms with Crippen LogP contribution in [-0.4, -0.2) is 10.8 Å². The summed E-state index contributed by atoms with van der Waals surface area (Å²) in [4.78, 5) is 0. The van der Waals surface area contributed by atoms with Crippen LogP contribution in [0.15, 0.2) is 23.3 Å². The van der Waals surface area contributed by atoms with Gasteiger partial charge in [0.2, 0.25) is 5.71 Å². The van der Waals surface area contributed by atoms with E-state index in [0.717, 1.165) is 11.1 Å². The second-order valence-electron chi connectivity index (χ2n) is 3.10. The molecule has 0 saturated carbocycles. The van der Waals surface area contributed by atoms with Crippen LogP contribution >= 0.6 is 0 Å². The third kappa shape index (κ3) is 2.81. The van der Waals surface area contributed by atoms with Gasteiger partial charge in [0.25, 0.3) is 0 Å². The first-order chi connectivity index (χ1) is 7.71. The standard InChI is InChI=1S/C11H10N4O/c1-8-2-3-9(7-16)4-11(8)15-14-10(5-12)6-13/h2-4,15-16H,7H2,1H3. The molecule has 0 amide bonds. The van der Waals surface area contributed by atoms with E-state index in [0.29, 0.717) is 5.69 Å². The van der Waals surface area contributed by atoms with Gasteiger partial charge in [0.05, 0.1) is 12.3 Å². The zero-order chi connectivity index (χ0) is 12.0. The van der Waals surface area contributed by atoms with Crippen LogP contribution in [0.3, 0.4) is 0 Å². The summed E-state index contributed by atoms with van der Waals surface area (Å²) >= 11 is 0. The largest absolute Gasteiger partial charge is 0.392 e. The van der Waals surface area contributed by atoms with Gasteiger partial charge in [-0.1, -0.05) is 12.1 Å². The molecular formula is C11H10N4O. The summed E-state index contributed by atoms with van der Waals surface area (Å²) < 4.78 is 0. The van der Waals surface area contributed by atoms with Crippen LogP contribution in [-0.2, 0) is 6.61 Å². The number of hydrazone groups is 1. The Morgan fingerprint density at radius 2 is 2.12 bits per heavy atom. The monoisotopic (exact) mass is 214 g/mol. The van der Waals surface area contributed by atoms with E-state index in [2.05, 4.69) is 10.5 Å². The number of hydrogen-bond acceptors (Lipinski definition) is 5. The van der Waals surface area contributed by atoms with E-state index in [1.807, 2.05) is 13.0 Å². The molecule has 1 aromatic carbocycles. The molecule has 1 aromatic rings. The average Bonchev–Trinajstić information content (AvgIpc) is 2.32. The van der Waals surface area contributed by atoms with Crippen molar-refractivity contribution in [3.63, 3.8) is 0 Å². The summed E-state index contributed by atoms with van der Waals surface area (Å²) in [6.07, 6.45) is 0. The SMILES string of the molecule is Cc1ccc(CO)cc1NN=C(C#N)C#N. The van der Waals surface area contributed by atoms with Crippen LogP contribution in [0.25, 0.3) is 0 Å². The molecule has 5 nitrogen and oxygen atoms in total. The first-order valence-electron chi connectivity index (χ1n) is 4.55. The lowest BCUT2D eigenvalue weighted by Gasteiger charge is -2.06. The molecule has 0 heterocycles. The minimum atomic E-state index is -0.242. The van der Waals surface area contributed by atoms with Crippen LogP contribution < -0.4 is 5.43 Å². The highest BCUT2D eigenvalue weighted by Gasteiger charge is 2.00. The van der Waals surface area contributed by atoms with Crippen molar-refractivity contribution in [3.8, 4) is 12.1 Å². The van der Waals surface area contributed by atoms with Crippen LogP contribution in [0, 0.1) is 29.6 Å². The number of rotatable bonds is 3. The van der Waals surface area contributed by atoms with E-state index in [1.54, 1.807) is 24.3 Å². The molecule has 0 aliphatic heterocycles. The Balaban J connectivity index is 2.94. The highest BCUT2D eigenvalue weighted by molar-refractivity contribution is 6.10. The fourth-order valence-electron chi connectivity index (χ4n) is 1.08. The number of anilines is 1. The van der Waals surface area contributed by atoms with E-state index in [1.165, 1.54) is 0 Å². The lowest BCUT2D eigenvalue weighted by molar-refractivity contribution is 0.282. The van der Waals surface area contributed by atoms with E-state index < -0.39 is 0 Å². The Hall–Kier alpha value is -2.37. The minimum Gasteiger partial charge on any atom is -0.392 e. The molecule has 0 radical (unpaired) electrons. The summed E-state index contributed by atoms with van der Waals surface area (Å²) in [5.41, 5.74) is 4.69. The van der Waals surface area contributed by atoms with Crippen LogP contribution in [0.5, 0.6) is 0 Å². The number of aliphatic hydroxyl groups is 1. The van der Waals surface area contributed by atoms with Crippen LogP contribution in [0.2, 0.25) is 0 Å². The smallest absolute Gasteiger partial charge is 0.237 e. The molecule has 0 atom stereocenters. The quantitative estimate of drug-likeness (QED) is 0.586. The van der Waals surface area contributed by atoms with Gasteiger partial charge in [0, 0.05) is 0 Å². The molecule has 80 valence electrons. The molecule has 0 aliphatic rings. The predicted octanol–water partition coefficient (Wildman–Crippen LogP) is 1.30. The van der Waals surface area contributed by atoms with Crippen molar-refractivity contribution in [2.75, 3.05) is 5.43 Å². The minimum absolute atomic E-state index is 0.0674. The number of nitriles is 2. The zero-order valence-corrected chi connectivity index (χ0v) is 8.73. The maximum absolute atomic E-state index is 8.95. The van der Waals surface area contributed by atoms with Gasteiger partial charge in [-0.15, -0.1) is 0 Å². The van der Waals surface area contributed by atoms with Gasteiger partial charge in [0.1, 0.15) is 12.1 Å². The second-order valence-corrected chi connectivity index (χ2v) is 3.10. The summed E-state index contributed by atoms with van der Waals surface area (Å²) in [5, 5.41) is 29.6. The molecule has 5 heteroatoms. The molecule has 0 saturated heterocycles. The fraction of sp³-hybridized carbons (Fsp3) is 0.182. The van der Waals surface area contributed by atoms with Crippen molar-refractivity contribution < 1.29 is 5.11 Å². The Morgan fingerprint density at radius 1 is 1.44 bits per heavy atom. The fourth-order valence-corrected chi connectivity index (χ4v) is 1.08. The van der Waals surface area contributed by atoms with E-state index in [9.17, 15) is 0 Å². The Bertz CT molecular complexity index is 478. The average molecular weight is 214 g/mol. The van der Waals surface area contributed by atoms with Gasteiger partial charge in [-0.25, -0.2) is 0 Å². The van der Waals surface area contributed by atoms with Crippen molar-refractivity contribution in [2.24, 2.45) is 5.10 Å². The maximum Gasteiger partial charge on any atom is 0.237 e. The van der Waals surface area contributed by atoms with Crippen molar-refractivity contribution >= 4 is 11.4 Å². The van der Waals surface area contributed by atoms with Crippen LogP contribution in [0.1, 0.15) is 11.1 Å². The molecular weight excluding hydrogens is 204 g/mol. The number of nitrogens with one attached hydrogen (secondary N) is 1. The number of aryl methyl sites for hydroxylation is 1.